The molecule has 0 fully saturated rings. The van der Waals surface area contributed by atoms with Gasteiger partial charge in [0.2, 0.25) is 0 Å². The number of esters is 1. The first-order valence-corrected chi connectivity index (χ1v) is 9.91. The van der Waals surface area contributed by atoms with Gasteiger partial charge in [-0.1, -0.05) is 6.07 Å². The van der Waals surface area contributed by atoms with Crippen LogP contribution in [0, 0.1) is 0 Å². The van der Waals surface area contributed by atoms with Crippen molar-refractivity contribution in [3.63, 3.8) is 0 Å². The Bertz CT molecular complexity index is 582. The van der Waals surface area contributed by atoms with E-state index in [1.165, 1.54) is 19.1 Å². The minimum Gasteiger partial charge on any atom is -0.468 e. The molecule has 0 amide bonds. The van der Waals surface area contributed by atoms with Crippen molar-refractivity contribution in [2.24, 2.45) is 5.73 Å². The number of hydrogen-bond donors (Lipinski definition) is 2. The van der Waals surface area contributed by atoms with Gasteiger partial charge < -0.3 is 25.4 Å². The number of carbonyl (C=O) groups is 1. The van der Waals surface area contributed by atoms with Crippen molar-refractivity contribution in [2.75, 3.05) is 52.3 Å². The molecule has 1 aromatic heterocycles. The third kappa shape index (κ3) is 7.44. The van der Waals surface area contributed by atoms with Crippen LogP contribution in [0.5, 0.6) is 0 Å². The zero-order valence-corrected chi connectivity index (χ0v) is 16.7. The van der Waals surface area contributed by atoms with Gasteiger partial charge in [-0.15, -0.1) is 0 Å². The molecule has 1 aliphatic rings. The van der Waals surface area contributed by atoms with Gasteiger partial charge in [-0.05, 0) is 56.7 Å². The first-order valence-electron chi connectivity index (χ1n) is 9.91. The van der Waals surface area contributed by atoms with Gasteiger partial charge in [0.15, 0.2) is 0 Å². The number of carbonyl (C=O) groups excluding carboxylic acids is 1. The van der Waals surface area contributed by atoms with Crippen LogP contribution in [0.1, 0.15) is 36.9 Å². The molecule has 2 heterocycles. The summed E-state index contributed by atoms with van der Waals surface area (Å²) in [6, 6.07) is 3.81. The Kier molecular flexibility index (Phi) is 9.52. The van der Waals surface area contributed by atoms with Crippen LogP contribution in [0.3, 0.4) is 0 Å². The summed E-state index contributed by atoms with van der Waals surface area (Å²) in [7, 11) is 3.07. The van der Waals surface area contributed by atoms with Crippen LogP contribution in [0.15, 0.2) is 12.1 Å². The van der Waals surface area contributed by atoms with E-state index < -0.39 is 6.04 Å². The van der Waals surface area contributed by atoms with Gasteiger partial charge in [-0.2, -0.15) is 0 Å². The molecule has 1 atom stereocenters. The topological polar surface area (TPSA) is 89.7 Å². The zero-order chi connectivity index (χ0) is 19.5. The Morgan fingerprint density at radius 2 is 2.15 bits per heavy atom. The van der Waals surface area contributed by atoms with E-state index in [2.05, 4.69) is 22.3 Å². The fourth-order valence-electron chi connectivity index (χ4n) is 3.30. The highest BCUT2D eigenvalue weighted by Gasteiger charge is 2.15. The Morgan fingerprint density at radius 3 is 2.93 bits per heavy atom. The Morgan fingerprint density at radius 1 is 1.30 bits per heavy atom. The maximum absolute atomic E-state index is 11.5. The van der Waals surface area contributed by atoms with E-state index in [0.717, 1.165) is 63.4 Å². The number of rotatable bonds is 12. The predicted molar refractivity (Wildman–Crippen MR) is 107 cm³/mol. The minimum atomic E-state index is -0.563. The van der Waals surface area contributed by atoms with E-state index in [4.69, 9.17) is 20.2 Å². The SMILES string of the molecule is COCCN(CCCCc1ccc2c(n1)NCCC2)CCC(N)C(=O)OC. The van der Waals surface area contributed by atoms with Crippen LogP contribution in [0.2, 0.25) is 0 Å². The average molecular weight is 379 g/mol. The van der Waals surface area contributed by atoms with Crippen molar-refractivity contribution in [3.05, 3.63) is 23.4 Å². The van der Waals surface area contributed by atoms with Crippen molar-refractivity contribution in [1.29, 1.82) is 0 Å². The molecule has 0 aliphatic carbocycles. The molecule has 7 nitrogen and oxygen atoms in total. The largest absolute Gasteiger partial charge is 0.468 e. The summed E-state index contributed by atoms with van der Waals surface area (Å²) in [5.74, 6) is 0.714. The number of nitrogens with one attached hydrogen (secondary N) is 1. The number of aryl methyl sites for hydroxylation is 2. The summed E-state index contributed by atoms with van der Waals surface area (Å²) in [5, 5.41) is 3.39. The summed E-state index contributed by atoms with van der Waals surface area (Å²) in [5.41, 5.74) is 8.33. The van der Waals surface area contributed by atoms with Crippen LogP contribution in [0.25, 0.3) is 0 Å². The first-order chi connectivity index (χ1) is 13.1. The molecule has 1 aliphatic heterocycles. The summed E-state index contributed by atoms with van der Waals surface area (Å²) in [4.78, 5) is 18.5. The van der Waals surface area contributed by atoms with Crippen LogP contribution in [0.4, 0.5) is 5.82 Å². The van der Waals surface area contributed by atoms with Gasteiger partial charge in [-0.25, -0.2) is 4.98 Å². The molecule has 1 aromatic rings. The fraction of sp³-hybridized carbons (Fsp3) is 0.700. The second-order valence-corrected chi connectivity index (χ2v) is 7.05. The number of methoxy groups -OCH3 is 2. The number of nitrogens with zero attached hydrogens (tertiary/aromatic N) is 2. The predicted octanol–water partition coefficient (Wildman–Crippen LogP) is 1.60. The molecule has 152 valence electrons. The summed E-state index contributed by atoms with van der Waals surface area (Å²) in [6.45, 7) is 4.25. The van der Waals surface area contributed by atoms with Crippen LogP contribution >= 0.6 is 0 Å². The number of hydrogen-bond acceptors (Lipinski definition) is 7. The summed E-state index contributed by atoms with van der Waals surface area (Å²) < 4.78 is 9.89. The van der Waals surface area contributed by atoms with Crippen molar-refractivity contribution in [2.45, 2.75) is 44.6 Å². The molecule has 0 saturated heterocycles. The van der Waals surface area contributed by atoms with Crippen LogP contribution < -0.4 is 11.1 Å². The van der Waals surface area contributed by atoms with Gasteiger partial charge in [0.05, 0.1) is 13.7 Å². The molecule has 0 radical (unpaired) electrons. The van der Waals surface area contributed by atoms with Gasteiger partial charge >= 0.3 is 5.97 Å². The van der Waals surface area contributed by atoms with Crippen molar-refractivity contribution < 1.29 is 14.3 Å². The van der Waals surface area contributed by atoms with E-state index >= 15 is 0 Å². The summed E-state index contributed by atoms with van der Waals surface area (Å²) >= 11 is 0. The highest BCUT2D eigenvalue weighted by atomic mass is 16.5. The lowest BCUT2D eigenvalue weighted by molar-refractivity contribution is -0.142. The van der Waals surface area contributed by atoms with Gasteiger partial charge in [0.25, 0.3) is 0 Å². The molecule has 0 saturated carbocycles. The molecule has 1 unspecified atom stereocenters. The molecule has 0 spiro atoms. The second kappa shape index (κ2) is 11.9. The van der Waals surface area contributed by atoms with Crippen LogP contribution in [-0.4, -0.2) is 68.9 Å². The number of fused-ring (bicyclic) bond motifs is 1. The number of ether oxygens (including phenoxy) is 2. The van der Waals surface area contributed by atoms with E-state index in [-0.39, 0.29) is 5.97 Å². The molecule has 0 bridgehead atoms. The zero-order valence-electron chi connectivity index (χ0n) is 16.7. The van der Waals surface area contributed by atoms with Crippen molar-refractivity contribution in [3.8, 4) is 0 Å². The molecule has 0 aromatic carbocycles. The molecular weight excluding hydrogens is 344 g/mol. The Balaban J connectivity index is 1.73. The molecule has 2 rings (SSSR count). The normalized spacial score (nSPS) is 14.5. The lowest BCUT2D eigenvalue weighted by Gasteiger charge is -2.23. The monoisotopic (exact) mass is 378 g/mol. The summed E-state index contributed by atoms with van der Waals surface area (Å²) in [6.07, 6.45) is 6.04. The average Bonchev–Trinajstić information content (AvgIpc) is 2.71. The van der Waals surface area contributed by atoms with Gasteiger partial charge in [0, 0.05) is 32.4 Å². The molecule has 27 heavy (non-hydrogen) atoms. The maximum Gasteiger partial charge on any atom is 0.322 e. The first kappa shape index (κ1) is 21.6. The fourth-order valence-corrected chi connectivity index (χ4v) is 3.30. The third-order valence-electron chi connectivity index (χ3n) is 4.98. The Hall–Kier alpha value is -1.70. The van der Waals surface area contributed by atoms with Crippen LogP contribution in [-0.2, 0) is 27.1 Å². The minimum absolute atomic E-state index is 0.353. The molecule has 3 N–H and O–H groups in total. The molecular formula is C20H34N4O3. The standard InChI is InChI=1S/C20H34N4O3/c1-26-15-14-24(13-10-18(21)20(25)27-2)12-4-3-7-17-9-8-16-6-5-11-22-19(16)23-17/h8-9,18H,3-7,10-15,21H2,1-2H3,(H,22,23). The highest BCUT2D eigenvalue weighted by Crippen LogP contribution is 2.20. The van der Waals surface area contributed by atoms with E-state index in [0.29, 0.717) is 13.0 Å². The number of anilines is 1. The van der Waals surface area contributed by atoms with E-state index in [1.54, 1.807) is 7.11 Å². The van der Waals surface area contributed by atoms with E-state index in [9.17, 15) is 4.79 Å². The van der Waals surface area contributed by atoms with Crippen molar-refractivity contribution in [1.82, 2.24) is 9.88 Å². The number of nitrogens with two attached hydrogens (primary N) is 1. The maximum atomic E-state index is 11.5. The smallest absolute Gasteiger partial charge is 0.322 e. The lowest BCUT2D eigenvalue weighted by atomic mass is 10.1. The number of pyridine rings is 1. The second-order valence-electron chi connectivity index (χ2n) is 7.05. The molecule has 7 heteroatoms. The number of aromatic nitrogens is 1. The third-order valence-corrected chi connectivity index (χ3v) is 4.98. The lowest BCUT2D eigenvalue weighted by Crippen LogP contribution is -2.37. The number of unbranched alkanes of at least 4 members (excludes halogenated alkanes) is 1. The van der Waals surface area contributed by atoms with Gasteiger partial charge in [-0.3, -0.25) is 4.79 Å². The van der Waals surface area contributed by atoms with Crippen molar-refractivity contribution >= 4 is 11.8 Å². The highest BCUT2D eigenvalue weighted by molar-refractivity contribution is 5.75. The quantitative estimate of drug-likeness (QED) is 0.422. The van der Waals surface area contributed by atoms with E-state index in [1.807, 2.05) is 0 Å². The van der Waals surface area contributed by atoms with Gasteiger partial charge in [0.1, 0.15) is 11.9 Å². The Labute approximate surface area is 162 Å².